The standard InChI is InChI=1S/C19H22N4O4/c1-11-16-12(2)27-19(17(16)18(25)22-21-11)20-15(24)10-23(3)9-13-7-5-6-8-14(13)26-4/h5-8H,9-10H2,1-4H3,(H,20,24)(H,22,25). The van der Waals surface area contributed by atoms with E-state index in [1.165, 1.54) is 0 Å². The molecule has 2 heterocycles. The van der Waals surface area contributed by atoms with E-state index in [0.29, 0.717) is 28.8 Å². The van der Waals surface area contributed by atoms with E-state index in [-0.39, 0.29) is 18.3 Å². The molecule has 2 N–H and O–H groups in total. The number of nitrogens with zero attached hydrogens (tertiary/aromatic N) is 2. The van der Waals surface area contributed by atoms with Gasteiger partial charge in [-0.25, -0.2) is 5.10 Å². The maximum absolute atomic E-state index is 12.4. The number of hydrogen-bond donors (Lipinski definition) is 2. The summed E-state index contributed by atoms with van der Waals surface area (Å²) in [5.41, 5.74) is 1.22. The number of carbonyl (C=O) groups is 1. The van der Waals surface area contributed by atoms with Crippen molar-refractivity contribution in [3.8, 4) is 5.75 Å². The number of hydrogen-bond acceptors (Lipinski definition) is 6. The fourth-order valence-corrected chi connectivity index (χ4v) is 3.12. The van der Waals surface area contributed by atoms with Crippen LogP contribution < -0.4 is 15.6 Å². The first-order valence-electron chi connectivity index (χ1n) is 8.49. The van der Waals surface area contributed by atoms with E-state index in [4.69, 9.17) is 9.15 Å². The lowest BCUT2D eigenvalue weighted by Gasteiger charge is -2.17. The Morgan fingerprint density at radius 1 is 1.30 bits per heavy atom. The first-order chi connectivity index (χ1) is 12.9. The molecular weight excluding hydrogens is 348 g/mol. The summed E-state index contributed by atoms with van der Waals surface area (Å²) < 4.78 is 10.9. The highest BCUT2D eigenvalue weighted by Gasteiger charge is 2.19. The first kappa shape index (κ1) is 18.7. The Balaban J connectivity index is 1.74. The quantitative estimate of drug-likeness (QED) is 0.690. The van der Waals surface area contributed by atoms with Crippen molar-refractivity contribution in [1.82, 2.24) is 15.1 Å². The van der Waals surface area contributed by atoms with E-state index >= 15 is 0 Å². The van der Waals surface area contributed by atoms with Crippen LogP contribution in [-0.2, 0) is 11.3 Å². The number of furan rings is 1. The van der Waals surface area contributed by atoms with E-state index in [0.717, 1.165) is 11.3 Å². The summed E-state index contributed by atoms with van der Waals surface area (Å²) >= 11 is 0. The largest absolute Gasteiger partial charge is 0.496 e. The number of fused-ring (bicyclic) bond motifs is 1. The van der Waals surface area contributed by atoms with Crippen molar-refractivity contribution in [3.63, 3.8) is 0 Å². The monoisotopic (exact) mass is 370 g/mol. The maximum Gasteiger partial charge on any atom is 0.277 e. The van der Waals surface area contributed by atoms with Gasteiger partial charge in [0.15, 0.2) is 0 Å². The summed E-state index contributed by atoms with van der Waals surface area (Å²) in [6, 6.07) is 7.65. The number of aromatic nitrogens is 2. The minimum Gasteiger partial charge on any atom is -0.496 e. The van der Waals surface area contributed by atoms with Crippen LogP contribution in [0.3, 0.4) is 0 Å². The Morgan fingerprint density at radius 2 is 2.04 bits per heavy atom. The molecule has 0 bridgehead atoms. The summed E-state index contributed by atoms with van der Waals surface area (Å²) in [7, 11) is 3.45. The molecule has 3 rings (SSSR count). The third-order valence-electron chi connectivity index (χ3n) is 4.30. The number of benzene rings is 1. The van der Waals surface area contributed by atoms with Gasteiger partial charge in [0.25, 0.3) is 5.56 Å². The Labute approximate surface area is 156 Å². The molecule has 0 radical (unpaired) electrons. The number of para-hydroxylation sites is 1. The Bertz CT molecular complexity index is 1040. The highest BCUT2D eigenvalue weighted by atomic mass is 16.5. The first-order valence-corrected chi connectivity index (χ1v) is 8.49. The molecule has 3 aromatic rings. The van der Waals surface area contributed by atoms with Crippen molar-refractivity contribution in [2.45, 2.75) is 20.4 Å². The van der Waals surface area contributed by atoms with Crippen LogP contribution in [0.15, 0.2) is 33.5 Å². The zero-order valence-electron chi connectivity index (χ0n) is 15.8. The molecule has 0 atom stereocenters. The van der Waals surface area contributed by atoms with Crippen molar-refractivity contribution in [2.24, 2.45) is 0 Å². The molecule has 0 spiro atoms. The second kappa shape index (κ2) is 7.63. The number of ether oxygens (including phenoxy) is 1. The fourth-order valence-electron chi connectivity index (χ4n) is 3.12. The molecule has 1 aromatic carbocycles. The van der Waals surface area contributed by atoms with Gasteiger partial charge in [0.05, 0.1) is 24.7 Å². The molecule has 0 aliphatic carbocycles. The minimum absolute atomic E-state index is 0.126. The lowest BCUT2D eigenvalue weighted by atomic mass is 10.2. The fraction of sp³-hybridized carbons (Fsp3) is 0.316. The van der Waals surface area contributed by atoms with Crippen LogP contribution in [0.4, 0.5) is 5.88 Å². The van der Waals surface area contributed by atoms with E-state index in [1.807, 2.05) is 36.2 Å². The Morgan fingerprint density at radius 3 is 2.78 bits per heavy atom. The summed E-state index contributed by atoms with van der Waals surface area (Å²) in [6.07, 6.45) is 0. The summed E-state index contributed by atoms with van der Waals surface area (Å²) in [5, 5.41) is 9.98. The zero-order chi connectivity index (χ0) is 19.6. The lowest BCUT2D eigenvalue weighted by Crippen LogP contribution is -2.30. The van der Waals surface area contributed by atoms with Crippen molar-refractivity contribution in [1.29, 1.82) is 0 Å². The molecule has 0 saturated heterocycles. The highest BCUT2D eigenvalue weighted by Crippen LogP contribution is 2.28. The van der Waals surface area contributed by atoms with Gasteiger partial charge in [-0.2, -0.15) is 5.10 Å². The second-order valence-electron chi connectivity index (χ2n) is 6.41. The molecule has 0 aliphatic heterocycles. The SMILES string of the molecule is COc1ccccc1CN(C)CC(=O)Nc1oc(C)c2c(C)n[nH]c(=O)c12. The predicted octanol–water partition coefficient (Wildman–Crippen LogP) is 2.21. The van der Waals surface area contributed by atoms with E-state index in [2.05, 4.69) is 15.5 Å². The van der Waals surface area contributed by atoms with Crippen molar-refractivity contribution in [2.75, 3.05) is 26.0 Å². The van der Waals surface area contributed by atoms with Crippen LogP contribution in [-0.4, -0.2) is 41.7 Å². The van der Waals surface area contributed by atoms with Crippen molar-refractivity contribution >= 4 is 22.6 Å². The highest BCUT2D eigenvalue weighted by molar-refractivity contribution is 6.01. The van der Waals surface area contributed by atoms with Crippen molar-refractivity contribution in [3.05, 3.63) is 51.6 Å². The van der Waals surface area contributed by atoms with Crippen LogP contribution in [0, 0.1) is 13.8 Å². The van der Waals surface area contributed by atoms with Gasteiger partial charge in [-0.3, -0.25) is 19.8 Å². The molecule has 0 saturated carbocycles. The zero-order valence-corrected chi connectivity index (χ0v) is 15.8. The average Bonchev–Trinajstić information content (AvgIpc) is 2.95. The summed E-state index contributed by atoms with van der Waals surface area (Å²) in [5.74, 6) is 1.17. The normalized spacial score (nSPS) is 11.1. The van der Waals surface area contributed by atoms with Gasteiger partial charge in [-0.1, -0.05) is 18.2 Å². The van der Waals surface area contributed by atoms with Crippen LogP contribution in [0.5, 0.6) is 5.75 Å². The number of rotatable bonds is 6. The molecule has 142 valence electrons. The van der Waals surface area contributed by atoms with Gasteiger partial charge in [0.2, 0.25) is 11.8 Å². The second-order valence-corrected chi connectivity index (χ2v) is 6.41. The number of aryl methyl sites for hydroxylation is 2. The number of aromatic amines is 1. The number of amides is 1. The Kier molecular flexibility index (Phi) is 5.27. The van der Waals surface area contributed by atoms with Crippen LogP contribution in [0.25, 0.3) is 10.8 Å². The van der Waals surface area contributed by atoms with Crippen molar-refractivity contribution < 1.29 is 13.9 Å². The number of carbonyl (C=O) groups excluding carboxylic acids is 1. The molecule has 27 heavy (non-hydrogen) atoms. The third-order valence-corrected chi connectivity index (χ3v) is 4.30. The number of nitrogens with one attached hydrogen (secondary N) is 2. The summed E-state index contributed by atoms with van der Waals surface area (Å²) in [6.45, 7) is 4.17. The molecule has 0 unspecified atom stereocenters. The predicted molar refractivity (Wildman–Crippen MR) is 102 cm³/mol. The van der Waals surface area contributed by atoms with Crippen LogP contribution in [0.2, 0.25) is 0 Å². The van der Waals surface area contributed by atoms with E-state index in [9.17, 15) is 9.59 Å². The molecule has 0 fully saturated rings. The summed E-state index contributed by atoms with van der Waals surface area (Å²) in [4.78, 5) is 26.4. The van der Waals surface area contributed by atoms with Gasteiger partial charge in [-0.05, 0) is 27.0 Å². The van der Waals surface area contributed by atoms with E-state index in [1.54, 1.807) is 21.0 Å². The lowest BCUT2D eigenvalue weighted by molar-refractivity contribution is -0.117. The average molecular weight is 370 g/mol. The number of H-pyrrole nitrogens is 1. The number of likely N-dealkylation sites (N-methyl/N-ethyl adjacent to an activating group) is 1. The third kappa shape index (κ3) is 3.85. The number of methoxy groups -OCH3 is 1. The molecule has 0 aliphatic rings. The van der Waals surface area contributed by atoms with Gasteiger partial charge in [0.1, 0.15) is 16.9 Å². The Hall–Kier alpha value is -3.13. The van der Waals surface area contributed by atoms with Crippen LogP contribution >= 0.6 is 0 Å². The molecule has 8 nitrogen and oxygen atoms in total. The van der Waals surface area contributed by atoms with Crippen LogP contribution in [0.1, 0.15) is 17.0 Å². The van der Waals surface area contributed by atoms with Gasteiger partial charge < -0.3 is 9.15 Å². The molecule has 8 heteroatoms. The van der Waals surface area contributed by atoms with E-state index < -0.39 is 5.56 Å². The maximum atomic E-state index is 12.4. The molecule has 2 aromatic heterocycles. The molecular formula is C19H22N4O4. The van der Waals surface area contributed by atoms with Gasteiger partial charge in [0, 0.05) is 12.1 Å². The topological polar surface area (TPSA) is 100 Å². The van der Waals surface area contributed by atoms with Gasteiger partial charge >= 0.3 is 0 Å². The molecule has 1 amide bonds. The smallest absolute Gasteiger partial charge is 0.277 e. The minimum atomic E-state index is -0.398. The number of anilines is 1. The van der Waals surface area contributed by atoms with Gasteiger partial charge in [-0.15, -0.1) is 0 Å².